The highest BCUT2D eigenvalue weighted by Crippen LogP contribution is 2.26. The van der Waals surface area contributed by atoms with Crippen LogP contribution in [0.5, 0.6) is 5.75 Å². The molecule has 3 rings (SSSR count). The van der Waals surface area contributed by atoms with Gasteiger partial charge in [0.1, 0.15) is 10.2 Å². The number of nitrogens with zero attached hydrogens (tertiary/aromatic N) is 2. The van der Waals surface area contributed by atoms with Gasteiger partial charge in [-0.3, -0.25) is 9.36 Å². The Bertz CT molecular complexity index is 715. The van der Waals surface area contributed by atoms with Gasteiger partial charge < -0.3 is 4.74 Å². The van der Waals surface area contributed by atoms with E-state index < -0.39 is 0 Å². The maximum absolute atomic E-state index is 12.0. The minimum Gasteiger partial charge on any atom is -0.493 e. The molecule has 0 atom stereocenters. The number of benzene rings is 1. The third-order valence-corrected chi connectivity index (χ3v) is 4.57. The van der Waals surface area contributed by atoms with Crippen molar-refractivity contribution in [1.29, 1.82) is 0 Å². The molecule has 0 fully saturated rings. The molecule has 1 aliphatic heterocycles. The molecular formula is C14H12BrClN2O2. The fourth-order valence-electron chi connectivity index (χ4n) is 2.25. The lowest BCUT2D eigenvalue weighted by Gasteiger charge is -2.07. The number of hydrogen-bond donors (Lipinski definition) is 0. The highest BCUT2D eigenvalue weighted by atomic mass is 79.9. The Balaban J connectivity index is 1.77. The van der Waals surface area contributed by atoms with Crippen LogP contribution < -0.4 is 10.3 Å². The SMILES string of the molecule is O=c1c(Br)c(Cl)ncn1CCc1ccc2c(c1)CCO2. The lowest BCUT2D eigenvalue weighted by atomic mass is 10.1. The summed E-state index contributed by atoms with van der Waals surface area (Å²) in [5.41, 5.74) is 2.27. The molecule has 6 heteroatoms. The molecule has 2 aromatic rings. The van der Waals surface area contributed by atoms with Crippen LogP contribution in [-0.4, -0.2) is 16.2 Å². The first-order valence-corrected chi connectivity index (χ1v) is 7.47. The second-order valence-electron chi connectivity index (χ2n) is 4.64. The molecule has 20 heavy (non-hydrogen) atoms. The van der Waals surface area contributed by atoms with E-state index in [0.29, 0.717) is 11.0 Å². The summed E-state index contributed by atoms with van der Waals surface area (Å²) in [5.74, 6) is 0.974. The maximum atomic E-state index is 12.0. The summed E-state index contributed by atoms with van der Waals surface area (Å²) in [6.07, 6.45) is 3.20. The fraction of sp³-hybridized carbons (Fsp3) is 0.286. The molecule has 4 nitrogen and oxygen atoms in total. The van der Waals surface area contributed by atoms with Crippen molar-refractivity contribution < 1.29 is 4.74 Å². The van der Waals surface area contributed by atoms with Gasteiger partial charge in [0.25, 0.3) is 5.56 Å². The van der Waals surface area contributed by atoms with Gasteiger partial charge in [0, 0.05) is 13.0 Å². The summed E-state index contributed by atoms with van der Waals surface area (Å²) in [7, 11) is 0. The van der Waals surface area contributed by atoms with Gasteiger partial charge in [-0.15, -0.1) is 0 Å². The molecule has 2 heterocycles. The molecule has 0 radical (unpaired) electrons. The number of fused-ring (bicyclic) bond motifs is 1. The number of ether oxygens (including phenoxy) is 1. The average Bonchev–Trinajstić information content (AvgIpc) is 2.91. The van der Waals surface area contributed by atoms with E-state index in [4.69, 9.17) is 16.3 Å². The molecule has 0 bridgehead atoms. The van der Waals surface area contributed by atoms with E-state index in [1.165, 1.54) is 17.5 Å². The molecule has 1 aromatic carbocycles. The van der Waals surface area contributed by atoms with Crippen LogP contribution in [0.1, 0.15) is 11.1 Å². The van der Waals surface area contributed by atoms with Crippen molar-refractivity contribution in [1.82, 2.24) is 9.55 Å². The van der Waals surface area contributed by atoms with Gasteiger partial charge >= 0.3 is 0 Å². The first kappa shape index (κ1) is 13.6. The van der Waals surface area contributed by atoms with E-state index in [9.17, 15) is 4.79 Å². The fourth-order valence-corrected chi connectivity index (χ4v) is 2.70. The van der Waals surface area contributed by atoms with Crippen molar-refractivity contribution in [2.75, 3.05) is 6.61 Å². The predicted octanol–water partition coefficient (Wildman–Crippen LogP) is 2.84. The summed E-state index contributed by atoms with van der Waals surface area (Å²) in [6.45, 7) is 1.33. The van der Waals surface area contributed by atoms with E-state index in [1.807, 2.05) is 12.1 Å². The average molecular weight is 356 g/mol. The van der Waals surface area contributed by atoms with Crippen LogP contribution in [0, 0.1) is 0 Å². The number of halogens is 2. The van der Waals surface area contributed by atoms with Gasteiger partial charge in [0.05, 0.1) is 12.9 Å². The lowest BCUT2D eigenvalue weighted by molar-refractivity contribution is 0.357. The van der Waals surface area contributed by atoms with Crippen molar-refractivity contribution in [3.63, 3.8) is 0 Å². The van der Waals surface area contributed by atoms with E-state index in [2.05, 4.69) is 27.0 Å². The summed E-state index contributed by atoms with van der Waals surface area (Å²) in [4.78, 5) is 15.9. The van der Waals surface area contributed by atoms with Gasteiger partial charge in [-0.25, -0.2) is 4.98 Å². The smallest absolute Gasteiger partial charge is 0.269 e. The van der Waals surface area contributed by atoms with Crippen molar-refractivity contribution in [3.8, 4) is 5.75 Å². The van der Waals surface area contributed by atoms with Crippen molar-refractivity contribution in [2.45, 2.75) is 19.4 Å². The number of aryl methyl sites for hydroxylation is 2. The first-order chi connectivity index (χ1) is 9.65. The van der Waals surface area contributed by atoms with Crippen LogP contribution in [-0.2, 0) is 19.4 Å². The minimum atomic E-state index is -0.158. The second kappa shape index (κ2) is 5.58. The van der Waals surface area contributed by atoms with Gasteiger partial charge in [0.15, 0.2) is 5.15 Å². The largest absolute Gasteiger partial charge is 0.493 e. The van der Waals surface area contributed by atoms with Crippen LogP contribution in [0.2, 0.25) is 5.15 Å². The topological polar surface area (TPSA) is 44.1 Å². The second-order valence-corrected chi connectivity index (χ2v) is 5.79. The molecule has 1 aliphatic rings. The molecule has 0 aliphatic carbocycles. The summed E-state index contributed by atoms with van der Waals surface area (Å²) >= 11 is 8.93. The lowest BCUT2D eigenvalue weighted by Crippen LogP contribution is -2.22. The van der Waals surface area contributed by atoms with Gasteiger partial charge in [-0.1, -0.05) is 23.7 Å². The summed E-state index contributed by atoms with van der Waals surface area (Å²) in [6, 6.07) is 6.18. The zero-order chi connectivity index (χ0) is 14.1. The predicted molar refractivity (Wildman–Crippen MR) is 80.6 cm³/mol. The van der Waals surface area contributed by atoms with E-state index in [1.54, 1.807) is 4.57 Å². The normalized spacial score (nSPS) is 13.1. The van der Waals surface area contributed by atoms with Gasteiger partial charge in [-0.05, 0) is 39.5 Å². The number of rotatable bonds is 3. The van der Waals surface area contributed by atoms with Gasteiger partial charge in [0.2, 0.25) is 0 Å². The van der Waals surface area contributed by atoms with Crippen LogP contribution >= 0.6 is 27.5 Å². The standard InChI is InChI=1S/C14H12BrClN2O2/c15-12-13(16)17-8-18(14(12)19)5-3-9-1-2-11-10(7-9)4-6-20-11/h1-2,7-8H,3-6H2. The Morgan fingerprint density at radius 2 is 2.30 bits per heavy atom. The van der Waals surface area contributed by atoms with Crippen molar-refractivity contribution >= 4 is 27.5 Å². The Morgan fingerprint density at radius 3 is 3.15 bits per heavy atom. The van der Waals surface area contributed by atoms with Crippen LogP contribution in [0.25, 0.3) is 0 Å². The van der Waals surface area contributed by atoms with Crippen molar-refractivity contribution in [3.05, 3.63) is 55.6 Å². The Kier molecular flexibility index (Phi) is 3.81. The van der Waals surface area contributed by atoms with Crippen LogP contribution in [0.4, 0.5) is 0 Å². The molecule has 0 unspecified atom stereocenters. The highest BCUT2D eigenvalue weighted by molar-refractivity contribution is 9.10. The zero-order valence-electron chi connectivity index (χ0n) is 10.6. The number of aromatic nitrogens is 2. The molecule has 0 saturated carbocycles. The molecule has 0 saturated heterocycles. The Hall–Kier alpha value is -1.33. The Morgan fingerprint density at radius 1 is 1.45 bits per heavy atom. The summed E-state index contributed by atoms with van der Waals surface area (Å²) in [5, 5.41) is 0.195. The molecule has 0 N–H and O–H groups in total. The summed E-state index contributed by atoms with van der Waals surface area (Å²) < 4.78 is 7.34. The molecule has 0 amide bonds. The van der Waals surface area contributed by atoms with E-state index in [-0.39, 0.29) is 10.7 Å². The molecular weight excluding hydrogens is 344 g/mol. The van der Waals surface area contributed by atoms with E-state index >= 15 is 0 Å². The molecule has 0 spiro atoms. The van der Waals surface area contributed by atoms with E-state index in [0.717, 1.165) is 25.2 Å². The van der Waals surface area contributed by atoms with Gasteiger partial charge in [-0.2, -0.15) is 0 Å². The number of hydrogen-bond acceptors (Lipinski definition) is 3. The third kappa shape index (κ3) is 2.60. The monoisotopic (exact) mass is 354 g/mol. The highest BCUT2D eigenvalue weighted by Gasteiger charge is 2.12. The maximum Gasteiger partial charge on any atom is 0.269 e. The molecule has 104 valence electrons. The third-order valence-electron chi connectivity index (χ3n) is 3.34. The minimum absolute atomic E-state index is 0.158. The van der Waals surface area contributed by atoms with Crippen LogP contribution in [0.15, 0.2) is 33.8 Å². The van der Waals surface area contributed by atoms with Crippen LogP contribution in [0.3, 0.4) is 0 Å². The Labute approximate surface area is 129 Å². The molecule has 1 aromatic heterocycles. The zero-order valence-corrected chi connectivity index (χ0v) is 12.9. The first-order valence-electron chi connectivity index (χ1n) is 6.30. The van der Waals surface area contributed by atoms with Crippen molar-refractivity contribution in [2.24, 2.45) is 0 Å². The quantitative estimate of drug-likeness (QED) is 0.795.